The monoisotopic (exact) mass is 447 g/mol. The van der Waals surface area contributed by atoms with Crippen LogP contribution in [0.3, 0.4) is 0 Å². The van der Waals surface area contributed by atoms with Gasteiger partial charge in [0, 0.05) is 11.6 Å². The fraction of sp³-hybridized carbons (Fsp3) is 0.429. The molecule has 1 saturated carbocycles. The Labute approximate surface area is 196 Å². The summed E-state index contributed by atoms with van der Waals surface area (Å²) < 4.78 is 5.61. The molecule has 1 atom stereocenters. The number of ketones is 1. The first kappa shape index (κ1) is 23.1. The second-order valence-corrected chi connectivity index (χ2v) is 9.38. The summed E-state index contributed by atoms with van der Waals surface area (Å²) in [7, 11) is 0. The van der Waals surface area contributed by atoms with Crippen molar-refractivity contribution in [3.63, 3.8) is 0 Å². The zero-order chi connectivity index (χ0) is 23.7. The first-order valence-corrected chi connectivity index (χ1v) is 12.0. The lowest BCUT2D eigenvalue weighted by atomic mass is 9.92. The Morgan fingerprint density at radius 1 is 1.09 bits per heavy atom. The van der Waals surface area contributed by atoms with Gasteiger partial charge in [-0.25, -0.2) is 0 Å². The minimum Gasteiger partial charge on any atom is -0.507 e. The van der Waals surface area contributed by atoms with E-state index in [9.17, 15) is 14.7 Å². The van der Waals surface area contributed by atoms with Crippen molar-refractivity contribution < 1.29 is 19.4 Å². The Balaban J connectivity index is 1.84. The van der Waals surface area contributed by atoms with Crippen LogP contribution in [-0.4, -0.2) is 34.3 Å². The number of aliphatic hydroxyl groups excluding tert-OH is 1. The summed E-state index contributed by atoms with van der Waals surface area (Å²) >= 11 is 0. The Kier molecular flexibility index (Phi) is 6.59. The Hall–Kier alpha value is -3.08. The number of benzene rings is 2. The van der Waals surface area contributed by atoms with Gasteiger partial charge in [-0.3, -0.25) is 9.59 Å². The lowest BCUT2D eigenvalue weighted by Gasteiger charge is -2.31. The molecule has 2 fully saturated rings. The molecule has 0 radical (unpaired) electrons. The number of amides is 1. The summed E-state index contributed by atoms with van der Waals surface area (Å²) in [5, 5.41) is 11.3. The molecule has 174 valence electrons. The van der Waals surface area contributed by atoms with E-state index in [1.807, 2.05) is 32.0 Å². The fourth-order valence-corrected chi connectivity index (χ4v) is 5.07. The van der Waals surface area contributed by atoms with E-state index < -0.39 is 17.7 Å². The molecule has 33 heavy (non-hydrogen) atoms. The van der Waals surface area contributed by atoms with Crippen molar-refractivity contribution in [2.24, 2.45) is 0 Å². The average molecular weight is 448 g/mol. The van der Waals surface area contributed by atoms with Crippen LogP contribution in [0.15, 0.2) is 48.0 Å². The number of nitrogens with zero attached hydrogens (tertiary/aromatic N) is 1. The molecule has 2 aromatic carbocycles. The van der Waals surface area contributed by atoms with Crippen molar-refractivity contribution in [2.45, 2.75) is 71.4 Å². The van der Waals surface area contributed by atoms with Crippen LogP contribution < -0.4 is 4.74 Å². The van der Waals surface area contributed by atoms with Gasteiger partial charge < -0.3 is 14.7 Å². The number of aryl methyl sites for hydroxylation is 1. The van der Waals surface area contributed by atoms with E-state index in [0.29, 0.717) is 18.1 Å². The molecule has 4 rings (SSSR count). The lowest BCUT2D eigenvalue weighted by molar-refractivity contribution is -0.141. The highest BCUT2D eigenvalue weighted by molar-refractivity contribution is 6.46. The molecule has 1 unspecified atom stereocenters. The second-order valence-electron chi connectivity index (χ2n) is 9.38. The molecule has 1 aliphatic carbocycles. The molecule has 5 nitrogen and oxygen atoms in total. The average Bonchev–Trinajstić information content (AvgIpc) is 3.42. The second kappa shape index (κ2) is 9.42. The topological polar surface area (TPSA) is 66.8 Å². The minimum absolute atomic E-state index is 0.0172. The quantitative estimate of drug-likeness (QED) is 0.341. The molecule has 2 aromatic rings. The van der Waals surface area contributed by atoms with Crippen molar-refractivity contribution in [2.75, 3.05) is 6.61 Å². The van der Waals surface area contributed by atoms with Crippen LogP contribution in [0.2, 0.25) is 0 Å². The van der Waals surface area contributed by atoms with Crippen molar-refractivity contribution in [1.29, 1.82) is 0 Å². The van der Waals surface area contributed by atoms with E-state index in [2.05, 4.69) is 26.0 Å². The highest BCUT2D eigenvalue weighted by Crippen LogP contribution is 2.43. The van der Waals surface area contributed by atoms with Gasteiger partial charge >= 0.3 is 0 Å². The van der Waals surface area contributed by atoms with Crippen LogP contribution in [-0.2, 0) is 9.59 Å². The first-order chi connectivity index (χ1) is 15.8. The van der Waals surface area contributed by atoms with Gasteiger partial charge in [0.15, 0.2) is 0 Å². The molecular weight excluding hydrogens is 414 g/mol. The number of rotatable bonds is 6. The molecule has 2 aliphatic rings. The van der Waals surface area contributed by atoms with Crippen LogP contribution in [0.4, 0.5) is 0 Å². The third-order valence-corrected chi connectivity index (χ3v) is 6.87. The van der Waals surface area contributed by atoms with Crippen molar-refractivity contribution >= 4 is 17.4 Å². The molecule has 0 bridgehead atoms. The molecule has 1 N–H and O–H groups in total. The van der Waals surface area contributed by atoms with Gasteiger partial charge in [0.2, 0.25) is 0 Å². The number of likely N-dealkylation sites (tertiary alicyclic amines) is 1. The molecule has 0 spiro atoms. The molecule has 1 amide bonds. The van der Waals surface area contributed by atoms with Crippen molar-refractivity contribution in [3.8, 4) is 5.75 Å². The minimum atomic E-state index is -0.608. The number of carbonyl (C=O) groups is 2. The van der Waals surface area contributed by atoms with Gasteiger partial charge in [0.25, 0.3) is 11.7 Å². The number of ether oxygens (including phenoxy) is 1. The zero-order valence-electron chi connectivity index (χ0n) is 19.9. The molecule has 1 heterocycles. The van der Waals surface area contributed by atoms with Crippen molar-refractivity contribution in [3.05, 3.63) is 70.3 Å². The fourth-order valence-electron chi connectivity index (χ4n) is 5.07. The number of hydrogen-bond acceptors (Lipinski definition) is 4. The highest BCUT2D eigenvalue weighted by atomic mass is 16.5. The predicted molar refractivity (Wildman–Crippen MR) is 129 cm³/mol. The van der Waals surface area contributed by atoms with Crippen LogP contribution >= 0.6 is 0 Å². The van der Waals surface area contributed by atoms with Gasteiger partial charge in [-0.1, -0.05) is 51.0 Å². The zero-order valence-corrected chi connectivity index (χ0v) is 19.9. The summed E-state index contributed by atoms with van der Waals surface area (Å²) in [5.74, 6) is -0.126. The molecule has 1 aliphatic heterocycles. The van der Waals surface area contributed by atoms with E-state index in [0.717, 1.165) is 42.6 Å². The largest absolute Gasteiger partial charge is 0.507 e. The van der Waals surface area contributed by atoms with E-state index in [1.165, 1.54) is 5.56 Å². The highest BCUT2D eigenvalue weighted by Gasteiger charge is 2.49. The van der Waals surface area contributed by atoms with E-state index in [-0.39, 0.29) is 17.4 Å². The summed E-state index contributed by atoms with van der Waals surface area (Å²) in [6.07, 6.45) is 3.86. The maximum Gasteiger partial charge on any atom is 0.295 e. The summed E-state index contributed by atoms with van der Waals surface area (Å²) in [5.41, 5.74) is 3.61. The summed E-state index contributed by atoms with van der Waals surface area (Å²) in [6, 6.07) is 12.9. The summed E-state index contributed by atoms with van der Waals surface area (Å²) in [6.45, 7) is 8.64. The van der Waals surface area contributed by atoms with E-state index in [4.69, 9.17) is 4.74 Å². The van der Waals surface area contributed by atoms with Gasteiger partial charge in [-0.05, 0) is 67.5 Å². The Morgan fingerprint density at radius 3 is 2.33 bits per heavy atom. The molecule has 1 saturated heterocycles. The van der Waals surface area contributed by atoms with Crippen LogP contribution in [0.25, 0.3) is 5.76 Å². The van der Waals surface area contributed by atoms with E-state index in [1.54, 1.807) is 17.0 Å². The summed E-state index contributed by atoms with van der Waals surface area (Å²) in [4.78, 5) is 28.2. The number of hydrogen-bond donors (Lipinski definition) is 1. The Bertz CT molecular complexity index is 1080. The van der Waals surface area contributed by atoms with Crippen LogP contribution in [0.1, 0.15) is 80.7 Å². The standard InChI is InChI=1S/C28H33NO4/c1-5-33-23-15-14-21(16-18(23)4)26(30)24-25(20-12-10-19(11-13-20)17(2)3)29(28(32)27(24)31)22-8-6-7-9-22/h10-17,22,25,30H,5-9H2,1-4H3/b26-24-. The number of Topliss-reactive ketones (excluding diaryl/α,β-unsaturated/α-hetero) is 1. The normalized spacial score (nSPS) is 20.8. The van der Waals surface area contributed by atoms with E-state index >= 15 is 0 Å². The van der Waals surface area contributed by atoms with Gasteiger partial charge in [-0.15, -0.1) is 0 Å². The van der Waals surface area contributed by atoms with Gasteiger partial charge in [-0.2, -0.15) is 0 Å². The SMILES string of the molecule is CCOc1ccc(/C(O)=C2/C(=O)C(=O)N(C3CCCC3)C2c2ccc(C(C)C)cc2)cc1C. The number of aliphatic hydroxyl groups is 1. The molecule has 0 aromatic heterocycles. The molecular formula is C28H33NO4. The smallest absolute Gasteiger partial charge is 0.295 e. The maximum atomic E-state index is 13.3. The number of carbonyl (C=O) groups excluding carboxylic acids is 2. The molecule has 5 heteroatoms. The Morgan fingerprint density at radius 2 is 1.76 bits per heavy atom. The third kappa shape index (κ3) is 4.29. The van der Waals surface area contributed by atoms with Crippen LogP contribution in [0.5, 0.6) is 5.75 Å². The lowest BCUT2D eigenvalue weighted by Crippen LogP contribution is -2.37. The predicted octanol–water partition coefficient (Wildman–Crippen LogP) is 5.88. The maximum absolute atomic E-state index is 13.3. The van der Waals surface area contributed by atoms with Crippen molar-refractivity contribution in [1.82, 2.24) is 4.90 Å². The van der Waals surface area contributed by atoms with Gasteiger partial charge in [0.05, 0.1) is 18.2 Å². The van der Waals surface area contributed by atoms with Crippen LogP contribution in [0, 0.1) is 6.92 Å². The third-order valence-electron chi connectivity index (χ3n) is 6.87. The first-order valence-electron chi connectivity index (χ1n) is 12.0. The van der Waals surface area contributed by atoms with Gasteiger partial charge in [0.1, 0.15) is 11.5 Å².